The second kappa shape index (κ2) is 7.59. The molecule has 0 radical (unpaired) electrons. The molecule has 0 aliphatic carbocycles. The molecule has 2 rings (SSSR count). The van der Waals surface area contributed by atoms with Crippen molar-refractivity contribution in [3.8, 4) is 0 Å². The molecule has 1 aliphatic rings. The number of aliphatic carboxylic acids is 1. The van der Waals surface area contributed by atoms with E-state index in [2.05, 4.69) is 0 Å². The zero-order valence-corrected chi connectivity index (χ0v) is 12.6. The molecule has 1 saturated heterocycles. The molecule has 4 N–H and O–H groups in total. The number of ether oxygens (including phenoxy) is 1. The molecule has 0 aromatic heterocycles. The van der Waals surface area contributed by atoms with E-state index in [0.29, 0.717) is 26.2 Å². The van der Waals surface area contributed by atoms with Gasteiger partial charge in [-0.2, -0.15) is 0 Å². The molecular weight excluding hydrogens is 300 g/mol. The van der Waals surface area contributed by atoms with Gasteiger partial charge in [0, 0.05) is 26.2 Å². The normalized spacial score (nSPS) is 16.6. The van der Waals surface area contributed by atoms with Crippen LogP contribution in [0.4, 0.5) is 4.79 Å². The molecule has 1 atom stereocenters. The number of carboxylic acid groups (broad SMARTS) is 1. The van der Waals surface area contributed by atoms with E-state index in [0.717, 1.165) is 5.56 Å². The largest absolute Gasteiger partial charge is 0.480 e. The van der Waals surface area contributed by atoms with Gasteiger partial charge in [-0.05, 0) is 5.56 Å². The van der Waals surface area contributed by atoms with Crippen LogP contribution in [0, 0.1) is 5.41 Å². The average Bonchev–Trinajstić information content (AvgIpc) is 2.53. The van der Waals surface area contributed by atoms with Crippen LogP contribution in [0.5, 0.6) is 0 Å². The Balaban J connectivity index is 1.82. The number of piperazine rings is 1. The monoisotopic (exact) mass is 320 g/mol. The Hall–Kier alpha value is -2.61. The first-order valence-electron chi connectivity index (χ1n) is 7.25. The molecule has 1 aromatic carbocycles. The second-order valence-electron chi connectivity index (χ2n) is 5.26. The van der Waals surface area contributed by atoms with Crippen LogP contribution < -0.4 is 5.73 Å². The number of amides is 1. The molecular formula is C15H20N4O4. The van der Waals surface area contributed by atoms with Crippen molar-refractivity contribution in [2.24, 2.45) is 5.73 Å². The summed E-state index contributed by atoms with van der Waals surface area (Å²) in [6.45, 7) is 1.54. The summed E-state index contributed by atoms with van der Waals surface area (Å²) < 4.78 is 5.24. The molecule has 1 amide bonds. The summed E-state index contributed by atoms with van der Waals surface area (Å²) in [7, 11) is 0. The van der Waals surface area contributed by atoms with E-state index in [1.54, 1.807) is 4.90 Å². The van der Waals surface area contributed by atoms with E-state index in [1.165, 1.54) is 4.90 Å². The molecule has 1 fully saturated rings. The van der Waals surface area contributed by atoms with Gasteiger partial charge in [0.05, 0.1) is 0 Å². The molecule has 1 aliphatic heterocycles. The molecule has 0 bridgehead atoms. The number of amidine groups is 1. The van der Waals surface area contributed by atoms with Crippen molar-refractivity contribution in [1.29, 1.82) is 5.41 Å². The summed E-state index contributed by atoms with van der Waals surface area (Å²) in [5.74, 6) is -1.56. The van der Waals surface area contributed by atoms with Crippen molar-refractivity contribution in [1.82, 2.24) is 9.80 Å². The van der Waals surface area contributed by atoms with Crippen LogP contribution in [0.3, 0.4) is 0 Å². The molecule has 1 unspecified atom stereocenters. The smallest absolute Gasteiger partial charge is 0.410 e. The lowest BCUT2D eigenvalue weighted by atomic mass is 10.2. The van der Waals surface area contributed by atoms with Crippen LogP contribution >= 0.6 is 0 Å². The topological polar surface area (TPSA) is 120 Å². The van der Waals surface area contributed by atoms with Gasteiger partial charge in [-0.15, -0.1) is 0 Å². The average molecular weight is 320 g/mol. The van der Waals surface area contributed by atoms with Gasteiger partial charge in [-0.25, -0.2) is 4.79 Å². The summed E-state index contributed by atoms with van der Waals surface area (Å²) >= 11 is 0. The fraction of sp³-hybridized carbons (Fsp3) is 0.400. The second-order valence-corrected chi connectivity index (χ2v) is 5.26. The summed E-state index contributed by atoms with van der Waals surface area (Å²) in [5.41, 5.74) is 6.24. The number of hydrogen-bond acceptors (Lipinski definition) is 5. The van der Waals surface area contributed by atoms with Crippen LogP contribution in [-0.4, -0.2) is 65.0 Å². The maximum Gasteiger partial charge on any atom is 0.410 e. The number of nitrogens with two attached hydrogens (primary N) is 1. The summed E-state index contributed by atoms with van der Waals surface area (Å²) in [6.07, 6.45) is -0.428. The third kappa shape index (κ3) is 4.43. The van der Waals surface area contributed by atoms with Gasteiger partial charge in [0.2, 0.25) is 0 Å². The summed E-state index contributed by atoms with van der Waals surface area (Å²) in [5, 5.41) is 16.5. The first-order valence-corrected chi connectivity index (χ1v) is 7.25. The number of nitrogens with one attached hydrogen (secondary N) is 1. The van der Waals surface area contributed by atoms with Crippen LogP contribution in [0.15, 0.2) is 30.3 Å². The van der Waals surface area contributed by atoms with Crippen molar-refractivity contribution >= 4 is 17.9 Å². The van der Waals surface area contributed by atoms with Crippen LogP contribution in [0.2, 0.25) is 0 Å². The van der Waals surface area contributed by atoms with Crippen LogP contribution in [0.25, 0.3) is 0 Å². The van der Waals surface area contributed by atoms with Crippen LogP contribution in [-0.2, 0) is 16.1 Å². The Morgan fingerprint density at radius 3 is 2.35 bits per heavy atom. The number of benzene rings is 1. The zero-order chi connectivity index (χ0) is 16.8. The first kappa shape index (κ1) is 16.8. The predicted octanol–water partition coefficient (Wildman–Crippen LogP) is 0.330. The number of hydrogen-bond donors (Lipinski definition) is 3. The standard InChI is InChI=1S/C15H20N4O4/c16-13(17)12(14(20)21)18-6-8-19(9-7-18)15(22)23-10-11-4-2-1-3-5-11/h1-5,12H,6-10H2,(H3,16,17)(H,20,21). The van der Waals surface area contributed by atoms with Crippen molar-refractivity contribution < 1.29 is 19.4 Å². The quantitative estimate of drug-likeness (QED) is 0.531. The predicted molar refractivity (Wildman–Crippen MR) is 83.1 cm³/mol. The van der Waals surface area contributed by atoms with Crippen LogP contribution in [0.1, 0.15) is 5.56 Å². The zero-order valence-electron chi connectivity index (χ0n) is 12.6. The van der Waals surface area contributed by atoms with Gasteiger partial charge in [-0.1, -0.05) is 30.3 Å². The van der Waals surface area contributed by atoms with E-state index < -0.39 is 23.9 Å². The van der Waals surface area contributed by atoms with Gasteiger partial charge >= 0.3 is 12.1 Å². The van der Waals surface area contributed by atoms with E-state index in [4.69, 9.17) is 21.0 Å². The SMILES string of the molecule is N=C(N)C(C(=O)O)N1CCN(C(=O)OCc2ccccc2)CC1. The van der Waals surface area contributed by atoms with Crippen molar-refractivity contribution in [2.45, 2.75) is 12.6 Å². The number of carbonyl (C=O) groups excluding carboxylic acids is 1. The molecule has 1 heterocycles. The molecule has 8 heteroatoms. The van der Waals surface area contributed by atoms with Crippen molar-refractivity contribution in [2.75, 3.05) is 26.2 Å². The maximum atomic E-state index is 12.0. The Kier molecular flexibility index (Phi) is 5.53. The minimum absolute atomic E-state index is 0.199. The van der Waals surface area contributed by atoms with Gasteiger partial charge in [0.15, 0.2) is 6.04 Å². The lowest BCUT2D eigenvalue weighted by molar-refractivity contribution is -0.141. The highest BCUT2D eigenvalue weighted by Crippen LogP contribution is 2.10. The lowest BCUT2D eigenvalue weighted by Gasteiger charge is -2.36. The minimum Gasteiger partial charge on any atom is -0.480 e. The van der Waals surface area contributed by atoms with Crippen molar-refractivity contribution in [3.05, 3.63) is 35.9 Å². The molecule has 0 saturated carbocycles. The highest BCUT2D eigenvalue weighted by atomic mass is 16.6. The third-order valence-electron chi connectivity index (χ3n) is 3.67. The maximum absolute atomic E-state index is 12.0. The Labute approximate surface area is 133 Å². The highest BCUT2D eigenvalue weighted by Gasteiger charge is 2.32. The van der Waals surface area contributed by atoms with Gasteiger partial charge in [0.1, 0.15) is 12.4 Å². The van der Waals surface area contributed by atoms with E-state index in [1.807, 2.05) is 30.3 Å². The van der Waals surface area contributed by atoms with Gasteiger partial charge < -0.3 is 20.5 Å². The van der Waals surface area contributed by atoms with E-state index in [9.17, 15) is 9.59 Å². The summed E-state index contributed by atoms with van der Waals surface area (Å²) in [4.78, 5) is 26.3. The molecule has 1 aromatic rings. The highest BCUT2D eigenvalue weighted by molar-refractivity contribution is 6.01. The van der Waals surface area contributed by atoms with Crippen molar-refractivity contribution in [3.63, 3.8) is 0 Å². The molecule has 124 valence electrons. The van der Waals surface area contributed by atoms with Gasteiger partial charge in [-0.3, -0.25) is 15.1 Å². The molecule has 23 heavy (non-hydrogen) atoms. The molecule has 8 nitrogen and oxygen atoms in total. The first-order chi connectivity index (χ1) is 11.0. The Morgan fingerprint density at radius 2 is 1.83 bits per heavy atom. The Morgan fingerprint density at radius 1 is 1.22 bits per heavy atom. The number of rotatable bonds is 5. The molecule has 0 spiro atoms. The summed E-state index contributed by atoms with van der Waals surface area (Å²) in [6, 6.07) is 8.23. The number of carbonyl (C=O) groups is 2. The van der Waals surface area contributed by atoms with E-state index >= 15 is 0 Å². The number of carboxylic acids is 1. The number of nitrogens with zero attached hydrogens (tertiary/aromatic N) is 2. The Bertz CT molecular complexity index is 556. The minimum atomic E-state index is -1.15. The fourth-order valence-corrected chi connectivity index (χ4v) is 2.46. The fourth-order valence-electron chi connectivity index (χ4n) is 2.46. The van der Waals surface area contributed by atoms with E-state index in [-0.39, 0.29) is 6.61 Å². The third-order valence-corrected chi connectivity index (χ3v) is 3.67. The lowest BCUT2D eigenvalue weighted by Crippen LogP contribution is -2.57. The van der Waals surface area contributed by atoms with Gasteiger partial charge in [0.25, 0.3) is 0 Å².